The Balaban J connectivity index is 2.89. The number of hydrogen-bond acceptors (Lipinski definition) is 7. The molecule has 1 heterocycles. The van der Waals surface area contributed by atoms with Gasteiger partial charge in [-0.25, -0.2) is 0 Å². The van der Waals surface area contributed by atoms with Crippen LogP contribution in [0.4, 0.5) is 11.9 Å². The van der Waals surface area contributed by atoms with E-state index in [1.165, 1.54) is 7.11 Å². The molecule has 0 atom stereocenters. The van der Waals surface area contributed by atoms with Gasteiger partial charge in [0.15, 0.2) is 0 Å². The summed E-state index contributed by atoms with van der Waals surface area (Å²) in [6.07, 6.45) is 0.971. The second-order valence-corrected chi connectivity index (χ2v) is 4.56. The maximum absolute atomic E-state index is 9.21. The Kier molecular flexibility index (Phi) is 5.08. The zero-order chi connectivity index (χ0) is 13.6. The largest absolute Gasteiger partial charge is 0.467 e. The van der Waals surface area contributed by atoms with Crippen LogP contribution in [0.3, 0.4) is 0 Å². The van der Waals surface area contributed by atoms with Gasteiger partial charge in [0.25, 0.3) is 0 Å². The Bertz CT molecular complexity index is 384. The molecule has 0 radical (unpaired) electrons. The van der Waals surface area contributed by atoms with Crippen molar-refractivity contribution in [3.05, 3.63) is 0 Å². The highest BCUT2D eigenvalue weighted by atomic mass is 16.5. The third-order valence-corrected chi connectivity index (χ3v) is 2.18. The van der Waals surface area contributed by atoms with E-state index < -0.39 is 5.54 Å². The summed E-state index contributed by atoms with van der Waals surface area (Å²) in [6, 6.07) is 0.236. The minimum Gasteiger partial charge on any atom is -0.467 e. The Morgan fingerprint density at radius 2 is 1.89 bits per heavy atom. The van der Waals surface area contributed by atoms with Crippen LogP contribution < -0.4 is 15.4 Å². The van der Waals surface area contributed by atoms with Gasteiger partial charge in [0, 0.05) is 6.54 Å². The quantitative estimate of drug-likeness (QED) is 0.666. The molecule has 0 aliphatic rings. The minimum atomic E-state index is -0.506. The molecule has 0 amide bonds. The summed E-state index contributed by atoms with van der Waals surface area (Å²) in [5.41, 5.74) is -0.506. The molecule has 1 aromatic heterocycles. The zero-order valence-corrected chi connectivity index (χ0v) is 11.3. The van der Waals surface area contributed by atoms with E-state index in [0.29, 0.717) is 11.9 Å². The Morgan fingerprint density at radius 1 is 1.22 bits per heavy atom. The lowest BCUT2D eigenvalue weighted by molar-refractivity contribution is 0.233. The third kappa shape index (κ3) is 4.33. The number of rotatable bonds is 7. The summed E-state index contributed by atoms with van der Waals surface area (Å²) in [6.45, 7) is 6.50. The molecule has 7 nitrogen and oxygen atoms in total. The number of anilines is 2. The van der Waals surface area contributed by atoms with Crippen LogP contribution in [-0.4, -0.2) is 45.9 Å². The van der Waals surface area contributed by atoms with Crippen molar-refractivity contribution in [2.24, 2.45) is 0 Å². The first kappa shape index (κ1) is 14.4. The first-order valence-corrected chi connectivity index (χ1v) is 5.93. The van der Waals surface area contributed by atoms with Crippen LogP contribution in [0.2, 0.25) is 0 Å². The number of aliphatic hydroxyl groups is 1. The van der Waals surface area contributed by atoms with Gasteiger partial charge in [0.1, 0.15) is 0 Å². The highest BCUT2D eigenvalue weighted by Gasteiger charge is 2.18. The number of nitrogens with zero attached hydrogens (tertiary/aromatic N) is 3. The number of ether oxygens (including phenoxy) is 1. The normalized spacial score (nSPS) is 11.2. The summed E-state index contributed by atoms with van der Waals surface area (Å²) in [4.78, 5) is 12.4. The maximum atomic E-state index is 9.21. The van der Waals surface area contributed by atoms with Crippen molar-refractivity contribution in [1.82, 2.24) is 15.0 Å². The van der Waals surface area contributed by atoms with Crippen LogP contribution in [0.1, 0.15) is 27.2 Å². The van der Waals surface area contributed by atoms with Crippen LogP contribution in [0.25, 0.3) is 0 Å². The van der Waals surface area contributed by atoms with Crippen molar-refractivity contribution in [2.45, 2.75) is 32.7 Å². The van der Waals surface area contributed by atoms with Crippen molar-refractivity contribution in [1.29, 1.82) is 0 Å². The molecule has 0 saturated carbocycles. The van der Waals surface area contributed by atoms with Gasteiger partial charge in [0.2, 0.25) is 11.9 Å². The fourth-order valence-corrected chi connectivity index (χ4v) is 1.16. The van der Waals surface area contributed by atoms with Crippen LogP contribution in [-0.2, 0) is 0 Å². The summed E-state index contributed by atoms with van der Waals surface area (Å²) in [5.74, 6) is 0.833. The molecular weight excluding hydrogens is 234 g/mol. The first-order valence-electron chi connectivity index (χ1n) is 5.93. The van der Waals surface area contributed by atoms with E-state index in [1.807, 2.05) is 13.8 Å². The Hall–Kier alpha value is -1.63. The lowest BCUT2D eigenvalue weighted by Crippen LogP contribution is -2.35. The lowest BCUT2D eigenvalue weighted by Gasteiger charge is -2.23. The van der Waals surface area contributed by atoms with Crippen LogP contribution in [0.15, 0.2) is 0 Å². The number of nitrogens with one attached hydrogen (secondary N) is 2. The number of aliphatic hydroxyl groups excluding tert-OH is 1. The van der Waals surface area contributed by atoms with E-state index in [-0.39, 0.29) is 12.6 Å². The second kappa shape index (κ2) is 6.34. The van der Waals surface area contributed by atoms with Gasteiger partial charge in [-0.2, -0.15) is 15.0 Å². The Morgan fingerprint density at radius 3 is 2.44 bits per heavy atom. The van der Waals surface area contributed by atoms with Gasteiger partial charge in [-0.05, 0) is 20.3 Å². The second-order valence-electron chi connectivity index (χ2n) is 4.56. The first-order chi connectivity index (χ1) is 8.50. The lowest BCUT2D eigenvalue weighted by atomic mass is 10.1. The highest BCUT2D eigenvalue weighted by Crippen LogP contribution is 2.15. The average Bonchev–Trinajstić information content (AvgIpc) is 2.35. The van der Waals surface area contributed by atoms with E-state index in [0.717, 1.165) is 13.0 Å². The molecule has 7 heteroatoms. The molecule has 102 valence electrons. The summed E-state index contributed by atoms with van der Waals surface area (Å²) in [5, 5.41) is 15.3. The summed E-state index contributed by atoms with van der Waals surface area (Å²) < 4.78 is 5.02. The fraction of sp³-hybridized carbons (Fsp3) is 0.727. The topological polar surface area (TPSA) is 92.2 Å². The minimum absolute atomic E-state index is 0.0290. The maximum Gasteiger partial charge on any atom is 0.322 e. The predicted octanol–water partition coefficient (Wildman–Crippen LogP) is 0.885. The molecule has 0 spiro atoms. The zero-order valence-electron chi connectivity index (χ0n) is 11.3. The predicted molar refractivity (Wildman–Crippen MR) is 69.9 cm³/mol. The highest BCUT2D eigenvalue weighted by molar-refractivity contribution is 5.37. The van der Waals surface area contributed by atoms with Crippen molar-refractivity contribution in [2.75, 3.05) is 30.9 Å². The number of hydrogen-bond donors (Lipinski definition) is 3. The molecule has 18 heavy (non-hydrogen) atoms. The van der Waals surface area contributed by atoms with E-state index >= 15 is 0 Å². The van der Waals surface area contributed by atoms with Crippen molar-refractivity contribution in [3.63, 3.8) is 0 Å². The molecule has 1 aromatic rings. The fourth-order valence-electron chi connectivity index (χ4n) is 1.16. The molecule has 0 unspecified atom stereocenters. The molecule has 0 aliphatic heterocycles. The van der Waals surface area contributed by atoms with Crippen LogP contribution in [0.5, 0.6) is 6.01 Å². The SMILES string of the molecule is CCCNc1nc(NC(C)(C)CO)nc(OC)n1. The van der Waals surface area contributed by atoms with Crippen LogP contribution >= 0.6 is 0 Å². The summed E-state index contributed by atoms with van der Waals surface area (Å²) >= 11 is 0. The molecule has 0 aromatic carbocycles. The van der Waals surface area contributed by atoms with Gasteiger partial charge in [-0.1, -0.05) is 6.92 Å². The molecule has 0 aliphatic carbocycles. The number of methoxy groups -OCH3 is 1. The number of aromatic nitrogens is 3. The standard InChI is InChI=1S/C11H21N5O2/c1-5-6-12-8-13-9(15-10(14-8)18-4)16-11(2,3)7-17/h17H,5-7H2,1-4H3,(H2,12,13,14,15,16). The molecule has 0 fully saturated rings. The van der Waals surface area contributed by atoms with Gasteiger partial charge in [-0.15, -0.1) is 0 Å². The van der Waals surface area contributed by atoms with E-state index in [4.69, 9.17) is 4.74 Å². The van der Waals surface area contributed by atoms with Gasteiger partial charge >= 0.3 is 6.01 Å². The average molecular weight is 255 g/mol. The Labute approximate surface area is 107 Å². The van der Waals surface area contributed by atoms with E-state index in [2.05, 4.69) is 32.5 Å². The van der Waals surface area contributed by atoms with E-state index in [9.17, 15) is 5.11 Å². The van der Waals surface area contributed by atoms with Gasteiger partial charge in [0.05, 0.1) is 19.3 Å². The molecule has 1 rings (SSSR count). The van der Waals surface area contributed by atoms with Crippen LogP contribution in [0, 0.1) is 0 Å². The molecule has 3 N–H and O–H groups in total. The summed E-state index contributed by atoms with van der Waals surface area (Å²) in [7, 11) is 1.50. The van der Waals surface area contributed by atoms with E-state index in [1.54, 1.807) is 0 Å². The van der Waals surface area contributed by atoms with Crippen molar-refractivity contribution >= 4 is 11.9 Å². The van der Waals surface area contributed by atoms with Gasteiger partial charge in [-0.3, -0.25) is 0 Å². The molecular formula is C11H21N5O2. The molecule has 0 bridgehead atoms. The monoisotopic (exact) mass is 255 g/mol. The molecule has 0 saturated heterocycles. The third-order valence-electron chi connectivity index (χ3n) is 2.18. The van der Waals surface area contributed by atoms with Crippen molar-refractivity contribution in [3.8, 4) is 6.01 Å². The smallest absolute Gasteiger partial charge is 0.322 e. The van der Waals surface area contributed by atoms with Gasteiger partial charge < -0.3 is 20.5 Å². The van der Waals surface area contributed by atoms with Crippen molar-refractivity contribution < 1.29 is 9.84 Å².